The molecule has 3 atom stereocenters. The summed E-state index contributed by atoms with van der Waals surface area (Å²) >= 11 is 0. The number of hydrogen-bond donors (Lipinski definition) is 0. The second kappa shape index (κ2) is 17.5. The Balaban J connectivity index is 3.63. The summed E-state index contributed by atoms with van der Waals surface area (Å²) < 4.78 is 5.54. The van der Waals surface area contributed by atoms with Crippen molar-refractivity contribution in [3.63, 3.8) is 0 Å². The summed E-state index contributed by atoms with van der Waals surface area (Å²) in [7, 11) is 4.06. The number of nitrogens with zero attached hydrogens (tertiary/aromatic N) is 1. The van der Waals surface area contributed by atoms with E-state index in [2.05, 4.69) is 25.7 Å². The van der Waals surface area contributed by atoms with Crippen LogP contribution in [0, 0.1) is 11.8 Å². The first kappa shape index (κ1) is 26.4. The Morgan fingerprint density at radius 3 is 2.00 bits per heavy atom. The molecule has 0 aliphatic rings. The quantitative estimate of drug-likeness (QED) is 0.192. The van der Waals surface area contributed by atoms with Crippen molar-refractivity contribution >= 4 is 5.97 Å². The van der Waals surface area contributed by atoms with E-state index in [1.165, 1.54) is 57.8 Å². The van der Waals surface area contributed by atoms with E-state index in [9.17, 15) is 4.79 Å². The van der Waals surface area contributed by atoms with Crippen LogP contribution in [0.4, 0.5) is 0 Å². The lowest BCUT2D eigenvalue weighted by atomic mass is 9.92. The normalized spacial score (nSPS) is 14.9. The van der Waals surface area contributed by atoms with Crippen LogP contribution in [0.15, 0.2) is 0 Å². The molecular formula is C24H49NO2. The van der Waals surface area contributed by atoms with E-state index >= 15 is 0 Å². The average molecular weight is 384 g/mol. The maximum Gasteiger partial charge on any atom is 0.306 e. The van der Waals surface area contributed by atoms with Crippen LogP contribution in [0.2, 0.25) is 0 Å². The predicted molar refractivity (Wildman–Crippen MR) is 118 cm³/mol. The Morgan fingerprint density at radius 2 is 1.37 bits per heavy atom. The molecule has 0 bridgehead atoms. The van der Waals surface area contributed by atoms with Crippen molar-refractivity contribution in [2.45, 2.75) is 117 Å². The van der Waals surface area contributed by atoms with Gasteiger partial charge in [0.1, 0.15) is 0 Å². The lowest BCUT2D eigenvalue weighted by Crippen LogP contribution is -2.18. The SMILES string of the molecule is CCCCCCCC(C)CCCC(C)CCC(C)OC(=O)CCCN(C)C. The first-order chi connectivity index (χ1) is 12.8. The Hall–Kier alpha value is -0.570. The van der Waals surface area contributed by atoms with Gasteiger partial charge in [0.25, 0.3) is 0 Å². The average Bonchev–Trinajstić information content (AvgIpc) is 2.59. The van der Waals surface area contributed by atoms with Crippen LogP contribution in [0.25, 0.3) is 0 Å². The highest BCUT2D eigenvalue weighted by Gasteiger charge is 2.12. The van der Waals surface area contributed by atoms with Crippen molar-refractivity contribution in [1.29, 1.82) is 0 Å². The van der Waals surface area contributed by atoms with E-state index in [4.69, 9.17) is 4.74 Å². The molecule has 3 unspecified atom stereocenters. The van der Waals surface area contributed by atoms with Gasteiger partial charge < -0.3 is 9.64 Å². The number of carbonyl (C=O) groups excluding carboxylic acids is 1. The van der Waals surface area contributed by atoms with Crippen molar-refractivity contribution in [3.8, 4) is 0 Å². The van der Waals surface area contributed by atoms with E-state index in [0.717, 1.165) is 37.6 Å². The van der Waals surface area contributed by atoms with Crippen LogP contribution in [-0.4, -0.2) is 37.6 Å². The van der Waals surface area contributed by atoms with Crippen molar-refractivity contribution in [3.05, 3.63) is 0 Å². The molecule has 0 aromatic carbocycles. The molecule has 0 amide bonds. The summed E-state index contributed by atoms with van der Waals surface area (Å²) in [6, 6.07) is 0. The molecule has 0 heterocycles. The summed E-state index contributed by atoms with van der Waals surface area (Å²) in [4.78, 5) is 13.9. The largest absolute Gasteiger partial charge is 0.463 e. The van der Waals surface area contributed by atoms with E-state index in [0.29, 0.717) is 6.42 Å². The Bertz CT molecular complexity index is 343. The molecule has 0 saturated heterocycles. The second-order valence-corrected chi connectivity index (χ2v) is 9.13. The van der Waals surface area contributed by atoms with Gasteiger partial charge in [0, 0.05) is 6.42 Å². The summed E-state index contributed by atoms with van der Waals surface area (Å²) in [6.45, 7) is 10.0. The van der Waals surface area contributed by atoms with Crippen LogP contribution < -0.4 is 0 Å². The van der Waals surface area contributed by atoms with Crippen LogP contribution in [0.1, 0.15) is 111 Å². The number of ether oxygens (including phenoxy) is 1. The number of rotatable bonds is 18. The fourth-order valence-corrected chi connectivity index (χ4v) is 3.60. The molecule has 0 N–H and O–H groups in total. The topological polar surface area (TPSA) is 29.5 Å². The lowest BCUT2D eigenvalue weighted by Gasteiger charge is -2.18. The van der Waals surface area contributed by atoms with Crippen molar-refractivity contribution < 1.29 is 9.53 Å². The first-order valence-electron chi connectivity index (χ1n) is 11.7. The monoisotopic (exact) mass is 383 g/mol. The van der Waals surface area contributed by atoms with E-state index in [1.807, 2.05) is 21.0 Å². The van der Waals surface area contributed by atoms with Gasteiger partial charge in [-0.2, -0.15) is 0 Å². The van der Waals surface area contributed by atoms with Crippen LogP contribution in [-0.2, 0) is 9.53 Å². The molecule has 162 valence electrons. The van der Waals surface area contributed by atoms with E-state index < -0.39 is 0 Å². The molecule has 0 aromatic heterocycles. The third kappa shape index (κ3) is 18.6. The number of unbranched alkanes of at least 4 members (excludes halogenated alkanes) is 4. The van der Waals surface area contributed by atoms with Gasteiger partial charge in [-0.05, 0) is 58.7 Å². The zero-order chi connectivity index (χ0) is 20.5. The molecule has 0 spiro atoms. The fraction of sp³-hybridized carbons (Fsp3) is 0.958. The maximum absolute atomic E-state index is 11.8. The van der Waals surface area contributed by atoms with Crippen molar-refractivity contribution in [2.75, 3.05) is 20.6 Å². The van der Waals surface area contributed by atoms with Gasteiger partial charge in [0.2, 0.25) is 0 Å². The minimum atomic E-state index is -0.0373. The zero-order valence-electron chi connectivity index (χ0n) is 19.4. The minimum absolute atomic E-state index is 0.0373. The summed E-state index contributed by atoms with van der Waals surface area (Å²) in [6.07, 6.45) is 16.0. The molecule has 27 heavy (non-hydrogen) atoms. The predicted octanol–water partition coefficient (Wildman–Crippen LogP) is 6.84. The lowest BCUT2D eigenvalue weighted by molar-refractivity contribution is -0.148. The van der Waals surface area contributed by atoms with Crippen LogP contribution >= 0.6 is 0 Å². The smallest absolute Gasteiger partial charge is 0.306 e. The van der Waals surface area contributed by atoms with Gasteiger partial charge in [0.05, 0.1) is 6.10 Å². The van der Waals surface area contributed by atoms with Gasteiger partial charge in [-0.3, -0.25) is 4.79 Å². The molecule has 0 aliphatic carbocycles. The fourth-order valence-electron chi connectivity index (χ4n) is 3.60. The highest BCUT2D eigenvalue weighted by atomic mass is 16.5. The summed E-state index contributed by atoms with van der Waals surface area (Å²) in [5.41, 5.74) is 0. The van der Waals surface area contributed by atoms with E-state index in [-0.39, 0.29) is 12.1 Å². The van der Waals surface area contributed by atoms with Gasteiger partial charge in [-0.1, -0.05) is 78.6 Å². The molecule has 0 radical (unpaired) electrons. The third-order valence-corrected chi connectivity index (χ3v) is 5.58. The third-order valence-electron chi connectivity index (χ3n) is 5.58. The molecule has 0 aliphatic heterocycles. The first-order valence-corrected chi connectivity index (χ1v) is 11.7. The Kier molecular flexibility index (Phi) is 17.2. The number of hydrogen-bond acceptors (Lipinski definition) is 3. The summed E-state index contributed by atoms with van der Waals surface area (Å²) in [5.74, 6) is 1.57. The number of carbonyl (C=O) groups is 1. The number of esters is 1. The summed E-state index contributed by atoms with van der Waals surface area (Å²) in [5, 5.41) is 0. The van der Waals surface area contributed by atoms with Crippen molar-refractivity contribution in [2.24, 2.45) is 11.8 Å². The van der Waals surface area contributed by atoms with Gasteiger partial charge in [0.15, 0.2) is 0 Å². The van der Waals surface area contributed by atoms with Gasteiger partial charge >= 0.3 is 5.97 Å². The standard InChI is InChI=1S/C24H49NO2/c1-7-8-9-10-11-14-21(2)15-12-16-22(3)18-19-23(4)27-24(26)17-13-20-25(5)6/h21-23H,7-20H2,1-6H3. The molecule has 0 fully saturated rings. The molecule has 0 saturated carbocycles. The second-order valence-electron chi connectivity index (χ2n) is 9.13. The maximum atomic E-state index is 11.8. The molecule has 3 heteroatoms. The Morgan fingerprint density at radius 1 is 0.778 bits per heavy atom. The van der Waals surface area contributed by atoms with Crippen LogP contribution in [0.3, 0.4) is 0 Å². The molecular weight excluding hydrogens is 334 g/mol. The highest BCUT2D eigenvalue weighted by molar-refractivity contribution is 5.69. The zero-order valence-corrected chi connectivity index (χ0v) is 19.4. The van der Waals surface area contributed by atoms with Crippen LogP contribution in [0.5, 0.6) is 0 Å². The van der Waals surface area contributed by atoms with Gasteiger partial charge in [-0.25, -0.2) is 0 Å². The van der Waals surface area contributed by atoms with E-state index in [1.54, 1.807) is 0 Å². The van der Waals surface area contributed by atoms with Crippen molar-refractivity contribution in [1.82, 2.24) is 4.90 Å². The highest BCUT2D eigenvalue weighted by Crippen LogP contribution is 2.21. The van der Waals surface area contributed by atoms with Gasteiger partial charge in [-0.15, -0.1) is 0 Å². The molecule has 3 nitrogen and oxygen atoms in total. The Labute approximate surface area is 170 Å². The molecule has 0 aromatic rings. The minimum Gasteiger partial charge on any atom is -0.463 e. The molecule has 0 rings (SSSR count).